The van der Waals surface area contributed by atoms with Crippen LogP contribution in [0, 0.1) is 0 Å². The molecule has 0 spiro atoms. The number of amidine groups is 1. The topological polar surface area (TPSA) is 111 Å². The third-order valence-electron chi connectivity index (χ3n) is 2.20. The average molecular weight is 316 g/mol. The number of ether oxygens (including phenoxy) is 1. The van der Waals surface area contributed by atoms with Gasteiger partial charge in [0.2, 0.25) is 0 Å². The second-order valence-electron chi connectivity index (χ2n) is 3.89. The number of halogens is 2. The molecule has 0 aromatic carbocycles. The Bertz CT molecular complexity index is 308. The van der Waals surface area contributed by atoms with E-state index in [-0.39, 0.29) is 31.4 Å². The summed E-state index contributed by atoms with van der Waals surface area (Å²) >= 11 is 0. The van der Waals surface area contributed by atoms with Gasteiger partial charge in [0.25, 0.3) is 0 Å². The van der Waals surface area contributed by atoms with Gasteiger partial charge in [-0.1, -0.05) is 12.2 Å². The van der Waals surface area contributed by atoms with Crippen LogP contribution in [-0.2, 0) is 9.53 Å². The van der Waals surface area contributed by atoms with E-state index in [1.807, 2.05) is 12.2 Å². The Morgan fingerprint density at radius 1 is 1.42 bits per heavy atom. The van der Waals surface area contributed by atoms with Crippen molar-refractivity contribution in [3.8, 4) is 0 Å². The normalized spacial score (nSPS) is 14.4. The number of carbonyl (C=O) groups is 1. The minimum absolute atomic E-state index is 0. The Kier molecular flexibility index (Phi) is 15.0. The van der Waals surface area contributed by atoms with Crippen molar-refractivity contribution in [3.05, 3.63) is 12.2 Å². The van der Waals surface area contributed by atoms with E-state index in [1.165, 1.54) is 7.11 Å². The molecule has 0 saturated heterocycles. The molecule has 0 aromatic heterocycles. The molecule has 0 fully saturated rings. The molecule has 8 heteroatoms. The highest BCUT2D eigenvalue weighted by atomic mass is 35.5. The van der Waals surface area contributed by atoms with E-state index < -0.39 is 11.5 Å². The fourth-order valence-corrected chi connectivity index (χ4v) is 1.23. The number of allylic oxidation sites excluding steroid dienone is 1. The molecule has 1 atom stereocenters. The number of hydrogen-bond donors (Lipinski definition) is 3. The van der Waals surface area contributed by atoms with Gasteiger partial charge >= 0.3 is 5.97 Å². The van der Waals surface area contributed by atoms with Crippen LogP contribution in [0.4, 0.5) is 0 Å². The highest BCUT2D eigenvalue weighted by Gasteiger charge is 2.32. The molecule has 0 heterocycles. The van der Waals surface area contributed by atoms with Gasteiger partial charge in [0.1, 0.15) is 5.54 Å². The number of nitrogens with zero attached hydrogens (tertiary/aromatic N) is 1. The lowest BCUT2D eigenvalue weighted by molar-refractivity contribution is -0.145. The summed E-state index contributed by atoms with van der Waals surface area (Å²) in [6.07, 6.45) is 4.54. The third-order valence-corrected chi connectivity index (χ3v) is 2.20. The van der Waals surface area contributed by atoms with Crippen molar-refractivity contribution in [2.24, 2.45) is 16.5 Å². The third kappa shape index (κ3) is 10.8. The molecule has 0 aliphatic heterocycles. The molecule has 0 radical (unpaired) electrons. The molecule has 5 N–H and O–H groups in total. The molecule has 114 valence electrons. The molecular weight excluding hydrogens is 293 g/mol. The van der Waals surface area contributed by atoms with Gasteiger partial charge in [-0.05, 0) is 19.8 Å². The van der Waals surface area contributed by atoms with Crippen LogP contribution in [0.15, 0.2) is 17.1 Å². The fourth-order valence-electron chi connectivity index (χ4n) is 1.23. The largest absolute Gasteiger partial charge is 0.480 e. The molecule has 0 aliphatic carbocycles. The minimum Gasteiger partial charge on any atom is -0.480 e. The number of carboxylic acid groups (broad SMARTS) is 1. The molecule has 0 rings (SSSR count). The van der Waals surface area contributed by atoms with Crippen molar-refractivity contribution in [3.63, 3.8) is 0 Å². The van der Waals surface area contributed by atoms with Gasteiger partial charge in [-0.15, -0.1) is 24.8 Å². The highest BCUT2D eigenvalue weighted by molar-refractivity contribution is 5.85. The minimum atomic E-state index is -1.33. The van der Waals surface area contributed by atoms with Crippen molar-refractivity contribution in [2.45, 2.75) is 25.3 Å². The zero-order chi connectivity index (χ0) is 13.3. The fraction of sp³-hybridized carbons (Fsp3) is 0.636. The van der Waals surface area contributed by atoms with E-state index >= 15 is 0 Å². The Hall–Kier alpha value is -0.820. The number of aliphatic imine (C=N–C) groups is 1. The average Bonchev–Trinajstić information content (AvgIpc) is 2.23. The standard InChI is InChI=1S/C11H21N3O3.2ClH/c1-9(12)14-7-5-3-4-6-11(13,8-17-2)10(15)16;;/h3,5H,4,6-8,13H2,1-2H3,(H2,12,14)(H,15,16);2*1H/b5-3-;;/t11-;;/m1../s1. The van der Waals surface area contributed by atoms with E-state index in [0.717, 1.165) is 0 Å². The maximum Gasteiger partial charge on any atom is 0.326 e. The summed E-state index contributed by atoms with van der Waals surface area (Å²) in [5, 5.41) is 8.97. The summed E-state index contributed by atoms with van der Waals surface area (Å²) in [5.74, 6) is -0.531. The van der Waals surface area contributed by atoms with E-state index in [2.05, 4.69) is 4.99 Å². The van der Waals surface area contributed by atoms with Gasteiger partial charge in [-0.25, -0.2) is 0 Å². The lowest BCUT2D eigenvalue weighted by Crippen LogP contribution is -2.51. The Labute approximate surface area is 126 Å². The Balaban J connectivity index is -0.00000128. The van der Waals surface area contributed by atoms with Gasteiger partial charge in [-0.3, -0.25) is 9.79 Å². The monoisotopic (exact) mass is 315 g/mol. The number of aliphatic carboxylic acids is 1. The van der Waals surface area contributed by atoms with Crippen LogP contribution in [0.25, 0.3) is 0 Å². The van der Waals surface area contributed by atoms with Crippen LogP contribution in [0.3, 0.4) is 0 Å². The lowest BCUT2D eigenvalue weighted by Gasteiger charge is -2.22. The molecule has 0 unspecified atom stereocenters. The summed E-state index contributed by atoms with van der Waals surface area (Å²) in [4.78, 5) is 14.9. The van der Waals surface area contributed by atoms with E-state index in [1.54, 1.807) is 6.92 Å². The summed E-state index contributed by atoms with van der Waals surface area (Å²) in [7, 11) is 1.43. The van der Waals surface area contributed by atoms with Crippen LogP contribution < -0.4 is 11.5 Å². The lowest BCUT2D eigenvalue weighted by atomic mass is 9.96. The van der Waals surface area contributed by atoms with Crippen LogP contribution in [0.5, 0.6) is 0 Å². The Morgan fingerprint density at radius 2 is 2.00 bits per heavy atom. The van der Waals surface area contributed by atoms with Crippen LogP contribution >= 0.6 is 24.8 Å². The first-order chi connectivity index (χ1) is 7.92. The SMILES string of the molecule is COC[C@](N)(CC/C=C\CN=C(C)N)C(=O)O.Cl.Cl. The summed E-state index contributed by atoms with van der Waals surface area (Å²) in [6, 6.07) is 0. The van der Waals surface area contributed by atoms with Crippen molar-refractivity contribution in [1.82, 2.24) is 0 Å². The van der Waals surface area contributed by atoms with Crippen molar-refractivity contribution < 1.29 is 14.6 Å². The van der Waals surface area contributed by atoms with Gasteiger partial charge in [0, 0.05) is 7.11 Å². The van der Waals surface area contributed by atoms with Gasteiger partial charge in [-0.2, -0.15) is 0 Å². The van der Waals surface area contributed by atoms with Crippen molar-refractivity contribution in [1.29, 1.82) is 0 Å². The maximum atomic E-state index is 11.0. The molecule has 6 nitrogen and oxygen atoms in total. The number of carboxylic acids is 1. The molecule has 19 heavy (non-hydrogen) atoms. The number of rotatable bonds is 8. The molecule has 0 aliphatic rings. The van der Waals surface area contributed by atoms with Crippen molar-refractivity contribution >= 4 is 36.6 Å². The highest BCUT2D eigenvalue weighted by Crippen LogP contribution is 2.11. The van der Waals surface area contributed by atoms with E-state index in [4.69, 9.17) is 21.3 Å². The Morgan fingerprint density at radius 3 is 2.42 bits per heavy atom. The second kappa shape index (κ2) is 12.2. The predicted molar refractivity (Wildman–Crippen MR) is 81.5 cm³/mol. The zero-order valence-electron chi connectivity index (χ0n) is 11.2. The molecule has 0 aromatic rings. The number of nitrogens with two attached hydrogens (primary N) is 2. The first-order valence-electron chi connectivity index (χ1n) is 5.35. The van der Waals surface area contributed by atoms with E-state index in [9.17, 15) is 4.79 Å². The van der Waals surface area contributed by atoms with Gasteiger partial charge in [0.05, 0.1) is 19.0 Å². The summed E-state index contributed by atoms with van der Waals surface area (Å²) in [5.41, 5.74) is 9.74. The van der Waals surface area contributed by atoms with Crippen LogP contribution in [-0.4, -0.2) is 42.7 Å². The predicted octanol–water partition coefficient (Wildman–Crippen LogP) is 0.972. The van der Waals surface area contributed by atoms with E-state index in [0.29, 0.717) is 25.2 Å². The number of methoxy groups -OCH3 is 1. The van der Waals surface area contributed by atoms with Crippen LogP contribution in [0.1, 0.15) is 19.8 Å². The van der Waals surface area contributed by atoms with Gasteiger partial charge in [0.15, 0.2) is 0 Å². The first kappa shape index (κ1) is 23.3. The zero-order valence-corrected chi connectivity index (χ0v) is 12.8. The first-order valence-corrected chi connectivity index (χ1v) is 5.35. The van der Waals surface area contributed by atoms with Crippen molar-refractivity contribution in [2.75, 3.05) is 20.3 Å². The number of hydrogen-bond acceptors (Lipinski definition) is 4. The molecular formula is C11H23Cl2N3O3. The van der Waals surface area contributed by atoms with Crippen LogP contribution in [0.2, 0.25) is 0 Å². The summed E-state index contributed by atoms with van der Waals surface area (Å²) in [6.45, 7) is 2.20. The molecule has 0 saturated carbocycles. The smallest absolute Gasteiger partial charge is 0.326 e. The molecule has 0 amide bonds. The maximum absolute atomic E-state index is 11.0. The van der Waals surface area contributed by atoms with Gasteiger partial charge < -0.3 is 21.3 Å². The quantitative estimate of drug-likeness (QED) is 0.351. The molecule has 0 bridgehead atoms. The summed E-state index contributed by atoms with van der Waals surface area (Å²) < 4.78 is 4.81. The second-order valence-corrected chi connectivity index (χ2v) is 3.89.